The van der Waals surface area contributed by atoms with Gasteiger partial charge in [-0.05, 0) is 149 Å². The fourth-order valence-electron chi connectivity index (χ4n) is 9.85. The molecule has 0 fully saturated rings. The molecule has 2 aliphatic heterocycles. The summed E-state index contributed by atoms with van der Waals surface area (Å²) in [5.41, 5.74) is 15.0. The molecule has 10 aromatic rings. The quantitative estimate of drug-likeness (QED) is 0.173. The van der Waals surface area contributed by atoms with Gasteiger partial charge in [0, 0.05) is 27.8 Å². The Bertz CT molecular complexity index is 3450. The van der Waals surface area contributed by atoms with Gasteiger partial charge < -0.3 is 23.8 Å². The summed E-state index contributed by atoms with van der Waals surface area (Å²) in [5, 5.41) is 4.93. The Labute approximate surface area is 365 Å². The second-order valence-corrected chi connectivity index (χ2v) is 16.5. The summed E-state index contributed by atoms with van der Waals surface area (Å²) < 4.78 is 15.0. The van der Waals surface area contributed by atoms with Crippen LogP contribution in [0.15, 0.2) is 218 Å². The van der Waals surface area contributed by atoms with Crippen molar-refractivity contribution in [3.63, 3.8) is 0 Å². The highest BCUT2D eigenvalue weighted by Crippen LogP contribution is 2.52. The number of fused-ring (bicyclic) bond motifs is 8. The van der Waals surface area contributed by atoms with E-state index in [1.54, 1.807) is 0 Å². The minimum Gasteiger partial charge on any atom is -0.453 e. The van der Waals surface area contributed by atoms with E-state index >= 15 is 0 Å². The maximum Gasteiger partial charge on any atom is 0.151 e. The lowest BCUT2D eigenvalue weighted by Crippen LogP contribution is -2.21. The number of nitrogens with zero attached hydrogens (tertiary/aromatic N) is 3. The summed E-state index contributed by atoms with van der Waals surface area (Å²) in [6, 6.07) is 71.5. The Morgan fingerprint density at radius 2 is 0.841 bits per heavy atom. The summed E-state index contributed by atoms with van der Waals surface area (Å²) in [6.07, 6.45) is 6.46. The van der Waals surface area contributed by atoms with Crippen LogP contribution in [0.1, 0.15) is 18.4 Å². The Balaban J connectivity index is 0.915. The molecule has 13 rings (SSSR count). The highest BCUT2D eigenvalue weighted by Gasteiger charge is 2.28. The average molecular weight is 810 g/mol. The van der Waals surface area contributed by atoms with Gasteiger partial charge in [-0.15, -0.1) is 0 Å². The molecule has 1 aromatic heterocycles. The minimum absolute atomic E-state index is 0.849. The normalized spacial score (nSPS) is 14.0. The van der Waals surface area contributed by atoms with Crippen LogP contribution in [0.2, 0.25) is 0 Å². The summed E-state index contributed by atoms with van der Waals surface area (Å²) in [5.74, 6) is 3.46. The molecule has 3 aliphatic rings. The number of para-hydroxylation sites is 8. The molecule has 0 unspecified atom stereocenters. The Kier molecular flexibility index (Phi) is 7.97. The van der Waals surface area contributed by atoms with E-state index in [2.05, 4.69) is 190 Å². The predicted molar refractivity (Wildman–Crippen MR) is 259 cm³/mol. The number of aromatic nitrogens is 1. The number of rotatable bonds is 5. The molecule has 0 bridgehead atoms. The molecule has 0 amide bonds. The lowest BCUT2D eigenvalue weighted by molar-refractivity contribution is 0.475. The minimum atomic E-state index is 0.849. The number of hydrogen-bond acceptors (Lipinski definition) is 4. The van der Waals surface area contributed by atoms with E-state index in [0.29, 0.717) is 0 Å². The molecule has 0 radical (unpaired) electrons. The van der Waals surface area contributed by atoms with E-state index in [9.17, 15) is 0 Å². The maximum atomic E-state index is 6.32. The van der Waals surface area contributed by atoms with Gasteiger partial charge >= 0.3 is 0 Å². The van der Waals surface area contributed by atoms with Crippen molar-refractivity contribution in [2.45, 2.75) is 12.8 Å². The third-order valence-corrected chi connectivity index (χ3v) is 12.9. The third kappa shape index (κ3) is 5.78. The Morgan fingerprint density at radius 1 is 0.349 bits per heavy atom. The number of benzene rings is 9. The Morgan fingerprint density at radius 3 is 1.43 bits per heavy atom. The summed E-state index contributed by atoms with van der Waals surface area (Å²) in [4.78, 5) is 4.66. The molecule has 3 heterocycles. The first-order chi connectivity index (χ1) is 31.2. The zero-order chi connectivity index (χ0) is 41.4. The van der Waals surface area contributed by atoms with Crippen molar-refractivity contribution in [2.75, 3.05) is 9.80 Å². The summed E-state index contributed by atoms with van der Waals surface area (Å²) >= 11 is 0. The lowest BCUT2D eigenvalue weighted by Gasteiger charge is -2.35. The number of anilines is 5. The van der Waals surface area contributed by atoms with Gasteiger partial charge in [0.05, 0.1) is 33.8 Å². The zero-order valence-electron chi connectivity index (χ0n) is 34.3. The second kappa shape index (κ2) is 14.2. The summed E-state index contributed by atoms with van der Waals surface area (Å²) in [7, 11) is 0. The smallest absolute Gasteiger partial charge is 0.151 e. The van der Waals surface area contributed by atoms with Crippen LogP contribution >= 0.6 is 0 Å². The van der Waals surface area contributed by atoms with Gasteiger partial charge in [-0.1, -0.05) is 109 Å². The molecule has 1 aliphatic carbocycles. The fraction of sp³-hybridized carbons (Fsp3) is 0.0345. The van der Waals surface area contributed by atoms with Crippen molar-refractivity contribution in [3.8, 4) is 39.8 Å². The van der Waals surface area contributed by atoms with Gasteiger partial charge in [-0.25, -0.2) is 0 Å². The molecule has 0 N–H and O–H groups in total. The number of allylic oxidation sites excluding steroid dienone is 4. The number of ether oxygens (including phenoxy) is 2. The van der Waals surface area contributed by atoms with Crippen molar-refractivity contribution in [1.82, 2.24) is 4.57 Å². The standard InChI is InChI=1S/C58H39N3O2/c1-2-12-41-35-46(32-25-38(41)11-1)61-49-33-26-42(39-21-28-44(29-22-39)59-51-13-3-7-17-55(51)62-56-18-8-4-14-52(56)59)36-47(49)48-37-43(27-34-50(48)61)40-23-30-45(31-24-40)60-53-15-5-9-19-57(53)63-58-20-10-6-16-54(58)60/h1-23,25-30,32-37H,24,31H2. The van der Waals surface area contributed by atoms with E-state index in [0.717, 1.165) is 75.5 Å². The second-order valence-electron chi connectivity index (χ2n) is 16.5. The highest BCUT2D eigenvalue weighted by atomic mass is 16.5. The van der Waals surface area contributed by atoms with Gasteiger partial charge in [0.1, 0.15) is 0 Å². The van der Waals surface area contributed by atoms with Crippen LogP contribution in [0.25, 0.3) is 55.0 Å². The van der Waals surface area contributed by atoms with Crippen LogP contribution in [0.4, 0.5) is 28.4 Å². The zero-order valence-corrected chi connectivity index (χ0v) is 34.3. The van der Waals surface area contributed by atoms with Crippen molar-refractivity contribution >= 4 is 66.6 Å². The van der Waals surface area contributed by atoms with Gasteiger partial charge in [-0.3, -0.25) is 0 Å². The lowest BCUT2D eigenvalue weighted by atomic mass is 9.93. The van der Waals surface area contributed by atoms with E-state index in [1.807, 2.05) is 36.4 Å². The van der Waals surface area contributed by atoms with Gasteiger partial charge in [-0.2, -0.15) is 0 Å². The van der Waals surface area contributed by atoms with E-state index in [4.69, 9.17) is 9.47 Å². The van der Waals surface area contributed by atoms with Crippen LogP contribution in [-0.2, 0) is 0 Å². The topological polar surface area (TPSA) is 29.9 Å². The molecule has 63 heavy (non-hydrogen) atoms. The van der Waals surface area contributed by atoms with Crippen molar-refractivity contribution < 1.29 is 9.47 Å². The average Bonchev–Trinajstić information content (AvgIpc) is 3.68. The first-order valence-corrected chi connectivity index (χ1v) is 21.6. The van der Waals surface area contributed by atoms with E-state index in [-0.39, 0.29) is 0 Å². The predicted octanol–water partition coefficient (Wildman–Crippen LogP) is 16.2. The van der Waals surface area contributed by atoms with Gasteiger partial charge in [0.25, 0.3) is 0 Å². The Hall–Kier alpha value is -8.28. The molecule has 9 aromatic carbocycles. The molecule has 0 saturated carbocycles. The monoisotopic (exact) mass is 809 g/mol. The first-order valence-electron chi connectivity index (χ1n) is 21.6. The van der Waals surface area contributed by atoms with Crippen molar-refractivity contribution in [1.29, 1.82) is 0 Å². The van der Waals surface area contributed by atoms with Gasteiger partial charge in [0.15, 0.2) is 23.0 Å². The molecule has 0 spiro atoms. The summed E-state index contributed by atoms with van der Waals surface area (Å²) in [6.45, 7) is 0. The van der Waals surface area contributed by atoms with Crippen molar-refractivity contribution in [2.24, 2.45) is 0 Å². The van der Waals surface area contributed by atoms with E-state index in [1.165, 1.54) is 55.0 Å². The molecule has 298 valence electrons. The number of hydrogen-bond donors (Lipinski definition) is 0. The molecule has 5 nitrogen and oxygen atoms in total. The van der Waals surface area contributed by atoms with Crippen molar-refractivity contribution in [3.05, 3.63) is 224 Å². The molecule has 5 heteroatoms. The highest BCUT2D eigenvalue weighted by molar-refractivity contribution is 6.11. The largest absolute Gasteiger partial charge is 0.453 e. The fourth-order valence-corrected chi connectivity index (χ4v) is 9.85. The molecule has 0 saturated heterocycles. The van der Waals surface area contributed by atoms with Gasteiger partial charge in [0.2, 0.25) is 0 Å². The molecular weight excluding hydrogens is 771 g/mol. The van der Waals surface area contributed by atoms with E-state index < -0.39 is 0 Å². The first kappa shape index (κ1) is 35.5. The third-order valence-electron chi connectivity index (χ3n) is 12.9. The molecular formula is C58H39N3O2. The van der Waals surface area contributed by atoms with Crippen LogP contribution in [0, 0.1) is 0 Å². The molecule has 0 atom stereocenters. The SMILES string of the molecule is C1=C(c2ccc3c(c2)c2cc(-c4ccc(N5c6ccccc6Oc6ccccc65)cc4)ccc2n3-c2ccc3ccccc3c2)CCC(N2c3ccccc3Oc3ccccc32)=C1. The maximum absolute atomic E-state index is 6.32. The van der Waals surface area contributed by atoms with Crippen LogP contribution in [-0.4, -0.2) is 4.57 Å². The van der Waals surface area contributed by atoms with Crippen LogP contribution < -0.4 is 19.3 Å². The van der Waals surface area contributed by atoms with Crippen LogP contribution in [0.3, 0.4) is 0 Å². The van der Waals surface area contributed by atoms with Crippen LogP contribution in [0.5, 0.6) is 23.0 Å².